The molecule has 0 spiro atoms. The van der Waals surface area contributed by atoms with E-state index in [0.717, 1.165) is 24.9 Å². The van der Waals surface area contributed by atoms with Gasteiger partial charge in [-0.2, -0.15) is 0 Å². The zero-order chi connectivity index (χ0) is 17.5. The second-order valence-electron chi connectivity index (χ2n) is 6.88. The second-order valence-corrected chi connectivity index (χ2v) is 6.88. The van der Waals surface area contributed by atoms with Crippen LogP contribution in [0.1, 0.15) is 38.7 Å². The van der Waals surface area contributed by atoms with Crippen LogP contribution in [0.15, 0.2) is 24.3 Å². The SMILES string of the molecule is CC(C)C(=O)NCC1CCCN(C(=O)CCc2ccccc2O)C1. The fourth-order valence-electron chi connectivity index (χ4n) is 3.03. The molecule has 2 amide bonds. The van der Waals surface area contributed by atoms with Crippen molar-refractivity contribution in [2.24, 2.45) is 11.8 Å². The Kier molecular flexibility index (Phi) is 6.64. The van der Waals surface area contributed by atoms with E-state index in [1.807, 2.05) is 30.9 Å². The molecule has 1 fully saturated rings. The van der Waals surface area contributed by atoms with E-state index < -0.39 is 0 Å². The van der Waals surface area contributed by atoms with Gasteiger partial charge in [0.1, 0.15) is 5.75 Å². The fraction of sp³-hybridized carbons (Fsp3) is 0.579. The lowest BCUT2D eigenvalue weighted by Crippen LogP contribution is -2.44. The highest BCUT2D eigenvalue weighted by Gasteiger charge is 2.24. The summed E-state index contributed by atoms with van der Waals surface area (Å²) in [5.41, 5.74) is 0.809. The number of rotatable bonds is 6. The van der Waals surface area contributed by atoms with Crippen LogP contribution in [-0.2, 0) is 16.0 Å². The summed E-state index contributed by atoms with van der Waals surface area (Å²) in [7, 11) is 0. The molecule has 0 aliphatic carbocycles. The van der Waals surface area contributed by atoms with Gasteiger partial charge in [0, 0.05) is 32.0 Å². The highest BCUT2D eigenvalue weighted by atomic mass is 16.3. The van der Waals surface area contributed by atoms with E-state index in [-0.39, 0.29) is 23.5 Å². The van der Waals surface area contributed by atoms with Crippen molar-refractivity contribution in [1.82, 2.24) is 10.2 Å². The fourth-order valence-corrected chi connectivity index (χ4v) is 3.03. The molecule has 1 heterocycles. The number of carbonyl (C=O) groups excluding carboxylic acids is 2. The lowest BCUT2D eigenvalue weighted by Gasteiger charge is -2.33. The Balaban J connectivity index is 1.79. The first kappa shape index (κ1) is 18.3. The van der Waals surface area contributed by atoms with Crippen LogP contribution in [0, 0.1) is 11.8 Å². The van der Waals surface area contributed by atoms with E-state index in [4.69, 9.17) is 0 Å². The van der Waals surface area contributed by atoms with Gasteiger partial charge in [0.05, 0.1) is 0 Å². The molecule has 1 aliphatic rings. The van der Waals surface area contributed by atoms with Gasteiger partial charge in [0.15, 0.2) is 0 Å². The number of carbonyl (C=O) groups is 2. The number of phenols is 1. The molecule has 0 bridgehead atoms. The zero-order valence-corrected chi connectivity index (χ0v) is 14.6. The predicted molar refractivity (Wildman–Crippen MR) is 93.6 cm³/mol. The van der Waals surface area contributed by atoms with Crippen molar-refractivity contribution in [3.05, 3.63) is 29.8 Å². The standard InChI is InChI=1S/C19H28N2O3/c1-14(2)19(24)20-12-15-6-5-11-21(13-15)18(23)10-9-16-7-3-4-8-17(16)22/h3-4,7-8,14-15,22H,5-6,9-13H2,1-2H3,(H,20,24). The van der Waals surface area contributed by atoms with Crippen molar-refractivity contribution in [2.45, 2.75) is 39.5 Å². The smallest absolute Gasteiger partial charge is 0.222 e. The van der Waals surface area contributed by atoms with Crippen LogP contribution in [0.5, 0.6) is 5.75 Å². The molecule has 5 heteroatoms. The van der Waals surface area contributed by atoms with Crippen LogP contribution < -0.4 is 5.32 Å². The number of nitrogens with one attached hydrogen (secondary N) is 1. The summed E-state index contributed by atoms with van der Waals surface area (Å²) in [6.45, 7) is 5.89. The summed E-state index contributed by atoms with van der Waals surface area (Å²) < 4.78 is 0. The van der Waals surface area contributed by atoms with Crippen LogP contribution in [-0.4, -0.2) is 41.5 Å². The predicted octanol–water partition coefficient (Wildman–Crippen LogP) is 2.34. The summed E-state index contributed by atoms with van der Waals surface area (Å²) in [4.78, 5) is 26.0. The molecule has 2 N–H and O–H groups in total. The van der Waals surface area contributed by atoms with Crippen LogP contribution in [0.25, 0.3) is 0 Å². The molecule has 132 valence electrons. The number of hydrogen-bond acceptors (Lipinski definition) is 3. The van der Waals surface area contributed by atoms with Crippen molar-refractivity contribution in [3.63, 3.8) is 0 Å². The number of hydrogen-bond donors (Lipinski definition) is 2. The molecular formula is C19H28N2O3. The third-order valence-electron chi connectivity index (χ3n) is 4.56. The van der Waals surface area contributed by atoms with E-state index in [1.54, 1.807) is 12.1 Å². The minimum atomic E-state index is -0.00937. The van der Waals surface area contributed by atoms with Gasteiger partial charge in [0.25, 0.3) is 0 Å². The van der Waals surface area contributed by atoms with Gasteiger partial charge in [-0.1, -0.05) is 32.0 Å². The van der Waals surface area contributed by atoms with E-state index in [2.05, 4.69) is 5.32 Å². The Hall–Kier alpha value is -2.04. The van der Waals surface area contributed by atoms with Crippen molar-refractivity contribution in [2.75, 3.05) is 19.6 Å². The van der Waals surface area contributed by atoms with Crippen molar-refractivity contribution < 1.29 is 14.7 Å². The molecule has 5 nitrogen and oxygen atoms in total. The van der Waals surface area contributed by atoms with E-state index in [1.165, 1.54) is 0 Å². The second kappa shape index (κ2) is 8.71. The minimum Gasteiger partial charge on any atom is -0.508 e. The normalized spacial score (nSPS) is 17.8. The van der Waals surface area contributed by atoms with Crippen molar-refractivity contribution >= 4 is 11.8 Å². The lowest BCUT2D eigenvalue weighted by atomic mass is 9.97. The van der Waals surface area contributed by atoms with E-state index in [9.17, 15) is 14.7 Å². The largest absolute Gasteiger partial charge is 0.508 e. The number of aromatic hydroxyl groups is 1. The third-order valence-corrected chi connectivity index (χ3v) is 4.56. The molecule has 1 saturated heterocycles. The molecule has 0 radical (unpaired) electrons. The number of amides is 2. The summed E-state index contributed by atoms with van der Waals surface area (Å²) in [5, 5.41) is 12.7. The van der Waals surface area contributed by atoms with Gasteiger partial charge in [-0.05, 0) is 36.8 Å². The molecule has 0 aromatic heterocycles. The maximum atomic E-state index is 12.4. The van der Waals surface area contributed by atoms with E-state index >= 15 is 0 Å². The van der Waals surface area contributed by atoms with Gasteiger partial charge < -0.3 is 15.3 Å². The minimum absolute atomic E-state index is 0.00937. The number of nitrogens with zero attached hydrogens (tertiary/aromatic N) is 1. The molecule has 1 unspecified atom stereocenters. The summed E-state index contributed by atoms with van der Waals surface area (Å²) >= 11 is 0. The number of benzene rings is 1. The Morgan fingerprint density at radius 3 is 2.79 bits per heavy atom. The molecule has 1 atom stereocenters. The molecular weight excluding hydrogens is 304 g/mol. The molecule has 1 aliphatic heterocycles. The first-order valence-electron chi connectivity index (χ1n) is 8.79. The topological polar surface area (TPSA) is 69.6 Å². The highest BCUT2D eigenvalue weighted by Crippen LogP contribution is 2.20. The molecule has 24 heavy (non-hydrogen) atoms. The first-order chi connectivity index (χ1) is 11.5. The average molecular weight is 332 g/mol. The Morgan fingerprint density at radius 1 is 1.33 bits per heavy atom. The summed E-state index contributed by atoms with van der Waals surface area (Å²) in [5.74, 6) is 0.759. The zero-order valence-electron chi connectivity index (χ0n) is 14.6. The van der Waals surface area contributed by atoms with Crippen molar-refractivity contribution in [3.8, 4) is 5.75 Å². The third kappa shape index (κ3) is 5.25. The van der Waals surface area contributed by atoms with Gasteiger partial charge in [-0.3, -0.25) is 9.59 Å². The van der Waals surface area contributed by atoms with Crippen LogP contribution >= 0.6 is 0 Å². The molecule has 1 aromatic carbocycles. The number of para-hydroxylation sites is 1. The van der Waals surface area contributed by atoms with E-state index in [0.29, 0.717) is 31.8 Å². The quantitative estimate of drug-likeness (QED) is 0.840. The van der Waals surface area contributed by atoms with Crippen LogP contribution in [0.2, 0.25) is 0 Å². The van der Waals surface area contributed by atoms with Gasteiger partial charge in [-0.15, -0.1) is 0 Å². The maximum Gasteiger partial charge on any atom is 0.222 e. The lowest BCUT2D eigenvalue weighted by molar-refractivity contribution is -0.132. The van der Waals surface area contributed by atoms with Gasteiger partial charge in [0.2, 0.25) is 11.8 Å². The van der Waals surface area contributed by atoms with Crippen LogP contribution in [0.3, 0.4) is 0 Å². The number of likely N-dealkylation sites (tertiary alicyclic amines) is 1. The Bertz CT molecular complexity index is 571. The number of phenolic OH excluding ortho intramolecular Hbond substituents is 1. The molecule has 1 aromatic rings. The summed E-state index contributed by atoms with van der Waals surface area (Å²) in [6, 6.07) is 7.15. The van der Waals surface area contributed by atoms with Gasteiger partial charge in [-0.25, -0.2) is 0 Å². The molecule has 0 saturated carbocycles. The monoisotopic (exact) mass is 332 g/mol. The average Bonchev–Trinajstić information content (AvgIpc) is 2.58. The van der Waals surface area contributed by atoms with Crippen molar-refractivity contribution in [1.29, 1.82) is 0 Å². The van der Waals surface area contributed by atoms with Gasteiger partial charge >= 0.3 is 0 Å². The Labute approximate surface area is 144 Å². The van der Waals surface area contributed by atoms with Crippen LogP contribution in [0.4, 0.5) is 0 Å². The summed E-state index contributed by atoms with van der Waals surface area (Å²) in [6.07, 6.45) is 2.98. The highest BCUT2D eigenvalue weighted by molar-refractivity contribution is 5.78. The maximum absolute atomic E-state index is 12.4. The Morgan fingerprint density at radius 2 is 2.08 bits per heavy atom. The number of piperidine rings is 1. The number of aryl methyl sites for hydroxylation is 1. The molecule has 2 rings (SSSR count). The first-order valence-corrected chi connectivity index (χ1v) is 8.79.